The van der Waals surface area contributed by atoms with Crippen LogP contribution in [0.15, 0.2) is 12.1 Å². The number of amides is 1. The van der Waals surface area contributed by atoms with E-state index < -0.39 is 0 Å². The monoisotopic (exact) mass is 288 g/mol. The first-order valence-electron chi connectivity index (χ1n) is 6.27. The smallest absolute Gasteiger partial charge is 0.220 e. The number of rotatable bonds is 4. The van der Waals surface area contributed by atoms with Crippen LogP contribution < -0.4 is 10.6 Å². The zero-order valence-corrected chi connectivity index (χ0v) is 12.3. The summed E-state index contributed by atoms with van der Waals surface area (Å²) >= 11 is 1.75. The number of carbonyl (C=O) groups excluding carboxylic acids is 1. The van der Waals surface area contributed by atoms with Crippen LogP contribution in [0, 0.1) is 12.8 Å². The van der Waals surface area contributed by atoms with E-state index in [1.54, 1.807) is 11.3 Å². The summed E-state index contributed by atoms with van der Waals surface area (Å²) in [6, 6.07) is 4.18. The first kappa shape index (κ1) is 15.5. The number of halogens is 1. The molecule has 0 saturated carbocycles. The van der Waals surface area contributed by atoms with E-state index in [0.29, 0.717) is 18.9 Å². The molecule has 0 atom stereocenters. The van der Waals surface area contributed by atoms with Crippen LogP contribution in [-0.4, -0.2) is 19.0 Å². The maximum absolute atomic E-state index is 11.8. The second-order valence-corrected chi connectivity index (χ2v) is 6.06. The molecule has 1 aliphatic rings. The van der Waals surface area contributed by atoms with Crippen LogP contribution in [0.5, 0.6) is 0 Å². The summed E-state index contributed by atoms with van der Waals surface area (Å²) in [6.45, 7) is 4.89. The minimum atomic E-state index is 0. The molecule has 0 aromatic carbocycles. The van der Waals surface area contributed by atoms with Crippen molar-refractivity contribution >= 4 is 29.7 Å². The van der Waals surface area contributed by atoms with E-state index in [9.17, 15) is 4.79 Å². The normalized spacial score (nSPS) is 16.1. The van der Waals surface area contributed by atoms with Gasteiger partial charge in [-0.1, -0.05) is 0 Å². The third kappa shape index (κ3) is 4.96. The Bertz CT molecular complexity index is 375. The van der Waals surface area contributed by atoms with Gasteiger partial charge in [0, 0.05) is 16.2 Å². The first-order chi connectivity index (χ1) is 8.24. The van der Waals surface area contributed by atoms with Gasteiger partial charge in [-0.3, -0.25) is 4.79 Å². The van der Waals surface area contributed by atoms with E-state index >= 15 is 0 Å². The number of nitrogens with one attached hydrogen (secondary N) is 2. The van der Waals surface area contributed by atoms with E-state index in [1.165, 1.54) is 9.75 Å². The molecule has 0 spiro atoms. The SMILES string of the molecule is Cc1ccc(CNC(=O)CC2CCNCC2)s1.Cl. The number of aryl methyl sites for hydroxylation is 1. The van der Waals surface area contributed by atoms with Gasteiger partial charge in [0.15, 0.2) is 0 Å². The lowest BCUT2D eigenvalue weighted by atomic mass is 9.94. The minimum absolute atomic E-state index is 0. The van der Waals surface area contributed by atoms with E-state index in [4.69, 9.17) is 0 Å². The molecule has 2 rings (SSSR count). The van der Waals surface area contributed by atoms with Crippen molar-refractivity contribution in [2.45, 2.75) is 32.7 Å². The van der Waals surface area contributed by atoms with Crippen LogP contribution >= 0.6 is 23.7 Å². The summed E-state index contributed by atoms with van der Waals surface area (Å²) in [5.41, 5.74) is 0. The number of thiophene rings is 1. The van der Waals surface area contributed by atoms with Gasteiger partial charge in [0.1, 0.15) is 0 Å². The molecule has 1 amide bonds. The third-order valence-corrected chi connectivity index (χ3v) is 4.19. The molecule has 3 nitrogen and oxygen atoms in total. The number of hydrogen-bond donors (Lipinski definition) is 2. The number of hydrogen-bond acceptors (Lipinski definition) is 3. The average Bonchev–Trinajstić information content (AvgIpc) is 2.74. The Labute approximate surface area is 119 Å². The maximum atomic E-state index is 11.8. The highest BCUT2D eigenvalue weighted by atomic mass is 35.5. The van der Waals surface area contributed by atoms with Crippen LogP contribution in [0.1, 0.15) is 29.0 Å². The van der Waals surface area contributed by atoms with Crippen molar-refractivity contribution < 1.29 is 4.79 Å². The Kier molecular flexibility index (Phi) is 6.68. The van der Waals surface area contributed by atoms with Crippen LogP contribution in [0.25, 0.3) is 0 Å². The predicted molar refractivity (Wildman–Crippen MR) is 78.4 cm³/mol. The lowest BCUT2D eigenvalue weighted by molar-refractivity contribution is -0.122. The van der Waals surface area contributed by atoms with Gasteiger partial charge in [0.2, 0.25) is 5.91 Å². The fourth-order valence-corrected chi connectivity index (χ4v) is 3.02. The Morgan fingerprint density at radius 1 is 1.44 bits per heavy atom. The molecule has 1 aliphatic heterocycles. The molecule has 1 fully saturated rings. The molecule has 102 valence electrons. The van der Waals surface area contributed by atoms with Gasteiger partial charge in [-0.2, -0.15) is 0 Å². The van der Waals surface area contributed by atoms with Crippen molar-refractivity contribution in [2.24, 2.45) is 5.92 Å². The van der Waals surface area contributed by atoms with Crippen LogP contribution in [0.4, 0.5) is 0 Å². The molecule has 1 saturated heterocycles. The number of piperidine rings is 1. The van der Waals surface area contributed by atoms with Gasteiger partial charge in [-0.05, 0) is 50.9 Å². The molecule has 1 aromatic rings. The Hall–Kier alpha value is -0.580. The van der Waals surface area contributed by atoms with Gasteiger partial charge in [-0.25, -0.2) is 0 Å². The van der Waals surface area contributed by atoms with Crippen LogP contribution in [0.2, 0.25) is 0 Å². The highest BCUT2D eigenvalue weighted by Crippen LogP contribution is 2.17. The molecule has 1 aromatic heterocycles. The van der Waals surface area contributed by atoms with Crippen molar-refractivity contribution in [3.8, 4) is 0 Å². The van der Waals surface area contributed by atoms with Gasteiger partial charge in [0.05, 0.1) is 6.54 Å². The average molecular weight is 289 g/mol. The van der Waals surface area contributed by atoms with E-state index in [0.717, 1.165) is 25.9 Å². The summed E-state index contributed by atoms with van der Waals surface area (Å²) in [5, 5.41) is 6.33. The van der Waals surface area contributed by atoms with Gasteiger partial charge in [0.25, 0.3) is 0 Å². The molecule has 0 aliphatic carbocycles. The molecular weight excluding hydrogens is 268 g/mol. The lowest BCUT2D eigenvalue weighted by Gasteiger charge is -2.21. The Morgan fingerprint density at radius 2 is 2.17 bits per heavy atom. The maximum Gasteiger partial charge on any atom is 0.220 e. The zero-order valence-electron chi connectivity index (χ0n) is 10.7. The van der Waals surface area contributed by atoms with E-state index in [-0.39, 0.29) is 18.3 Å². The van der Waals surface area contributed by atoms with Crippen LogP contribution in [0.3, 0.4) is 0 Å². The molecule has 0 bridgehead atoms. The van der Waals surface area contributed by atoms with Gasteiger partial charge < -0.3 is 10.6 Å². The highest BCUT2D eigenvalue weighted by molar-refractivity contribution is 7.11. The second kappa shape index (κ2) is 7.77. The third-order valence-electron chi connectivity index (χ3n) is 3.19. The summed E-state index contributed by atoms with van der Waals surface area (Å²) in [7, 11) is 0. The standard InChI is InChI=1S/C13H20N2OS.ClH/c1-10-2-3-12(17-10)9-15-13(16)8-11-4-6-14-7-5-11;/h2-3,11,14H,4-9H2,1H3,(H,15,16);1H. The van der Waals surface area contributed by atoms with Gasteiger partial charge >= 0.3 is 0 Å². The largest absolute Gasteiger partial charge is 0.351 e. The summed E-state index contributed by atoms with van der Waals surface area (Å²) in [5.74, 6) is 0.768. The summed E-state index contributed by atoms with van der Waals surface area (Å²) < 4.78 is 0. The fraction of sp³-hybridized carbons (Fsp3) is 0.615. The van der Waals surface area contributed by atoms with Crippen molar-refractivity contribution in [1.29, 1.82) is 0 Å². The molecule has 5 heteroatoms. The number of carbonyl (C=O) groups is 1. The second-order valence-electron chi connectivity index (χ2n) is 4.69. The highest BCUT2D eigenvalue weighted by Gasteiger charge is 2.16. The van der Waals surface area contributed by atoms with Crippen molar-refractivity contribution in [3.63, 3.8) is 0 Å². The summed E-state index contributed by atoms with van der Waals surface area (Å²) in [6.07, 6.45) is 2.95. The Morgan fingerprint density at radius 3 is 2.78 bits per heavy atom. The minimum Gasteiger partial charge on any atom is -0.351 e. The van der Waals surface area contributed by atoms with Crippen molar-refractivity contribution in [2.75, 3.05) is 13.1 Å². The molecule has 0 radical (unpaired) electrons. The summed E-state index contributed by atoms with van der Waals surface area (Å²) in [4.78, 5) is 14.3. The van der Waals surface area contributed by atoms with Gasteiger partial charge in [-0.15, -0.1) is 23.7 Å². The molecule has 2 N–H and O–H groups in total. The quantitative estimate of drug-likeness (QED) is 0.894. The Balaban J connectivity index is 0.00000162. The molecule has 2 heterocycles. The van der Waals surface area contributed by atoms with Crippen molar-refractivity contribution in [3.05, 3.63) is 21.9 Å². The van der Waals surface area contributed by atoms with Crippen LogP contribution in [-0.2, 0) is 11.3 Å². The van der Waals surface area contributed by atoms with Crippen molar-refractivity contribution in [1.82, 2.24) is 10.6 Å². The predicted octanol–water partition coefficient (Wildman–Crippen LogP) is 2.48. The molecule has 18 heavy (non-hydrogen) atoms. The lowest BCUT2D eigenvalue weighted by Crippen LogP contribution is -2.32. The fourth-order valence-electron chi connectivity index (χ4n) is 2.19. The van der Waals surface area contributed by atoms with E-state index in [1.807, 2.05) is 0 Å². The van der Waals surface area contributed by atoms with E-state index in [2.05, 4.69) is 29.7 Å². The topological polar surface area (TPSA) is 41.1 Å². The molecular formula is C13H21ClN2OS. The zero-order chi connectivity index (χ0) is 12.1. The first-order valence-corrected chi connectivity index (χ1v) is 7.08. The molecule has 0 unspecified atom stereocenters.